The molecule has 0 heterocycles. The molecule has 0 saturated carbocycles. The molecule has 0 bridgehead atoms. The van der Waals surface area contributed by atoms with Crippen LogP contribution in [0.3, 0.4) is 0 Å². The van der Waals surface area contributed by atoms with Gasteiger partial charge in [-0.25, -0.2) is 0 Å². The number of carbonyl (C=O) groups excluding carboxylic acids is 2. The highest BCUT2D eigenvalue weighted by Crippen LogP contribution is 2.29. The van der Waals surface area contributed by atoms with Gasteiger partial charge in [0.2, 0.25) is 11.8 Å². The molecular weight excluding hydrogens is 311 g/mol. The maximum absolute atomic E-state index is 12.4. The van der Waals surface area contributed by atoms with Gasteiger partial charge in [0.05, 0.1) is 18.1 Å². The standard InChI is InChI=1S/C15H16F3N3O2/c16-15(17,18)11-6-4-10(5-7-11)9-13(22)21-12(14(20)23)3-1-2-8-19/h4-7,12H,1-3,9H2,(H2,20,23)(H,21,22)/t12-/m1/s1. The van der Waals surface area contributed by atoms with Crippen LogP contribution in [0.15, 0.2) is 24.3 Å². The molecule has 8 heteroatoms. The van der Waals surface area contributed by atoms with Crippen LogP contribution in [0.5, 0.6) is 0 Å². The predicted octanol–water partition coefficient (Wildman–Crippen LogP) is 1.91. The summed E-state index contributed by atoms with van der Waals surface area (Å²) in [6.07, 6.45) is -3.72. The minimum atomic E-state index is -4.43. The van der Waals surface area contributed by atoms with Crippen molar-refractivity contribution in [3.63, 3.8) is 0 Å². The zero-order valence-electron chi connectivity index (χ0n) is 12.2. The lowest BCUT2D eigenvalue weighted by Gasteiger charge is -2.15. The predicted molar refractivity (Wildman–Crippen MR) is 75.7 cm³/mol. The first-order valence-corrected chi connectivity index (χ1v) is 6.86. The Labute approximate surface area is 131 Å². The Kier molecular flexibility index (Phi) is 6.57. The molecule has 1 aromatic rings. The second-order valence-electron chi connectivity index (χ2n) is 4.94. The molecule has 124 valence electrons. The summed E-state index contributed by atoms with van der Waals surface area (Å²) in [4.78, 5) is 23.1. The number of halogens is 3. The summed E-state index contributed by atoms with van der Waals surface area (Å²) in [7, 11) is 0. The molecule has 1 rings (SSSR count). The zero-order valence-corrected chi connectivity index (χ0v) is 12.2. The highest BCUT2D eigenvalue weighted by Gasteiger charge is 2.30. The van der Waals surface area contributed by atoms with Gasteiger partial charge in [-0.3, -0.25) is 9.59 Å². The Morgan fingerprint density at radius 3 is 2.35 bits per heavy atom. The van der Waals surface area contributed by atoms with Crippen molar-refractivity contribution < 1.29 is 22.8 Å². The number of alkyl halides is 3. The number of nitrogens with two attached hydrogens (primary N) is 1. The number of nitrogens with one attached hydrogen (secondary N) is 1. The average Bonchev–Trinajstić information content (AvgIpc) is 2.45. The minimum Gasteiger partial charge on any atom is -0.368 e. The van der Waals surface area contributed by atoms with Crippen molar-refractivity contribution in [1.29, 1.82) is 5.26 Å². The van der Waals surface area contributed by atoms with Crippen LogP contribution in [0.2, 0.25) is 0 Å². The van der Waals surface area contributed by atoms with Gasteiger partial charge in [-0.1, -0.05) is 12.1 Å². The summed E-state index contributed by atoms with van der Waals surface area (Å²) in [5, 5.41) is 10.9. The van der Waals surface area contributed by atoms with E-state index in [2.05, 4.69) is 5.32 Å². The maximum Gasteiger partial charge on any atom is 0.416 e. The first-order chi connectivity index (χ1) is 10.7. The van der Waals surface area contributed by atoms with E-state index in [1.165, 1.54) is 12.1 Å². The largest absolute Gasteiger partial charge is 0.416 e. The molecule has 0 spiro atoms. The fourth-order valence-corrected chi connectivity index (χ4v) is 1.91. The van der Waals surface area contributed by atoms with Crippen LogP contribution in [-0.2, 0) is 22.2 Å². The quantitative estimate of drug-likeness (QED) is 0.749. The second-order valence-corrected chi connectivity index (χ2v) is 4.94. The molecule has 5 nitrogen and oxygen atoms in total. The third-order valence-electron chi connectivity index (χ3n) is 3.11. The third kappa shape index (κ3) is 6.38. The zero-order chi connectivity index (χ0) is 17.5. The summed E-state index contributed by atoms with van der Waals surface area (Å²) in [6.45, 7) is 0. The Morgan fingerprint density at radius 2 is 1.87 bits per heavy atom. The smallest absolute Gasteiger partial charge is 0.368 e. The molecule has 0 fully saturated rings. The van der Waals surface area contributed by atoms with Crippen molar-refractivity contribution in [2.24, 2.45) is 5.73 Å². The van der Waals surface area contributed by atoms with Gasteiger partial charge in [0.15, 0.2) is 0 Å². The van der Waals surface area contributed by atoms with Crippen molar-refractivity contribution >= 4 is 11.8 Å². The third-order valence-corrected chi connectivity index (χ3v) is 3.11. The van der Waals surface area contributed by atoms with E-state index in [-0.39, 0.29) is 19.3 Å². The summed E-state index contributed by atoms with van der Waals surface area (Å²) in [5.41, 5.74) is 4.75. The van der Waals surface area contributed by atoms with Gasteiger partial charge >= 0.3 is 6.18 Å². The Balaban J connectivity index is 2.61. The van der Waals surface area contributed by atoms with Crippen molar-refractivity contribution in [3.8, 4) is 6.07 Å². The highest BCUT2D eigenvalue weighted by atomic mass is 19.4. The van der Waals surface area contributed by atoms with Crippen LogP contribution in [-0.4, -0.2) is 17.9 Å². The van der Waals surface area contributed by atoms with E-state index in [9.17, 15) is 22.8 Å². The number of hydrogen-bond donors (Lipinski definition) is 2. The van der Waals surface area contributed by atoms with Crippen LogP contribution in [0.4, 0.5) is 13.2 Å². The molecule has 0 unspecified atom stereocenters. The fourth-order valence-electron chi connectivity index (χ4n) is 1.91. The fraction of sp³-hybridized carbons (Fsp3) is 0.400. The van der Waals surface area contributed by atoms with Crippen molar-refractivity contribution in [2.45, 2.75) is 37.9 Å². The van der Waals surface area contributed by atoms with Crippen molar-refractivity contribution in [2.75, 3.05) is 0 Å². The van der Waals surface area contributed by atoms with E-state index in [0.717, 1.165) is 12.1 Å². The lowest BCUT2D eigenvalue weighted by molar-refractivity contribution is -0.137. The molecule has 0 saturated heterocycles. The number of carbonyl (C=O) groups is 2. The topological polar surface area (TPSA) is 96.0 Å². The molecule has 0 radical (unpaired) electrons. The normalized spacial score (nSPS) is 12.3. The van der Waals surface area contributed by atoms with Gasteiger partial charge in [0.25, 0.3) is 0 Å². The van der Waals surface area contributed by atoms with E-state index in [4.69, 9.17) is 11.0 Å². The highest BCUT2D eigenvalue weighted by molar-refractivity contribution is 5.87. The van der Waals surface area contributed by atoms with Crippen LogP contribution in [0, 0.1) is 11.3 Å². The Morgan fingerprint density at radius 1 is 1.26 bits per heavy atom. The average molecular weight is 327 g/mol. The molecule has 1 aromatic carbocycles. The SMILES string of the molecule is N#CCCC[C@@H](NC(=O)Cc1ccc(C(F)(F)F)cc1)C(N)=O. The van der Waals surface area contributed by atoms with E-state index in [1.807, 2.05) is 6.07 Å². The Hall–Kier alpha value is -2.56. The lowest BCUT2D eigenvalue weighted by atomic mass is 10.1. The number of benzene rings is 1. The van der Waals surface area contributed by atoms with Crippen LogP contribution < -0.4 is 11.1 Å². The first kappa shape index (κ1) is 18.5. The Bertz CT molecular complexity index is 591. The summed E-state index contributed by atoms with van der Waals surface area (Å²) in [6, 6.07) is 5.21. The number of amides is 2. The number of nitrogens with zero attached hydrogens (tertiary/aromatic N) is 1. The van der Waals surface area contributed by atoms with Crippen molar-refractivity contribution in [1.82, 2.24) is 5.32 Å². The molecule has 0 aliphatic carbocycles. The van der Waals surface area contributed by atoms with Crippen LogP contribution >= 0.6 is 0 Å². The van der Waals surface area contributed by atoms with E-state index >= 15 is 0 Å². The summed E-state index contributed by atoms with van der Waals surface area (Å²) >= 11 is 0. The number of hydrogen-bond acceptors (Lipinski definition) is 3. The first-order valence-electron chi connectivity index (χ1n) is 6.86. The van der Waals surface area contributed by atoms with Gasteiger partial charge in [-0.15, -0.1) is 0 Å². The monoisotopic (exact) mass is 327 g/mol. The summed E-state index contributed by atoms with van der Waals surface area (Å²) < 4.78 is 37.3. The van der Waals surface area contributed by atoms with Gasteiger partial charge in [0.1, 0.15) is 6.04 Å². The number of rotatable bonds is 7. The molecule has 1 atom stereocenters. The van der Waals surface area contributed by atoms with Gasteiger partial charge in [-0.05, 0) is 30.5 Å². The molecule has 23 heavy (non-hydrogen) atoms. The molecule has 0 aliphatic rings. The van der Waals surface area contributed by atoms with E-state index in [1.54, 1.807) is 0 Å². The molecule has 0 aromatic heterocycles. The molecule has 2 amide bonds. The number of nitriles is 1. The maximum atomic E-state index is 12.4. The lowest BCUT2D eigenvalue weighted by Crippen LogP contribution is -2.44. The van der Waals surface area contributed by atoms with E-state index < -0.39 is 29.6 Å². The van der Waals surface area contributed by atoms with E-state index in [0.29, 0.717) is 12.0 Å². The van der Waals surface area contributed by atoms with Crippen LogP contribution in [0.1, 0.15) is 30.4 Å². The van der Waals surface area contributed by atoms with Gasteiger partial charge < -0.3 is 11.1 Å². The minimum absolute atomic E-state index is 0.167. The van der Waals surface area contributed by atoms with Gasteiger partial charge in [0, 0.05) is 6.42 Å². The number of primary amides is 1. The molecule has 0 aliphatic heterocycles. The number of unbranched alkanes of at least 4 members (excludes halogenated alkanes) is 1. The van der Waals surface area contributed by atoms with Crippen LogP contribution in [0.25, 0.3) is 0 Å². The summed E-state index contributed by atoms with van der Waals surface area (Å²) in [5.74, 6) is -1.24. The van der Waals surface area contributed by atoms with Gasteiger partial charge in [-0.2, -0.15) is 18.4 Å². The second kappa shape index (κ2) is 8.17. The molecule has 3 N–H and O–H groups in total. The molecular formula is C15H16F3N3O2. The van der Waals surface area contributed by atoms with Crippen molar-refractivity contribution in [3.05, 3.63) is 35.4 Å².